The van der Waals surface area contributed by atoms with E-state index in [0.717, 1.165) is 0 Å². The second-order valence-corrected chi connectivity index (χ2v) is 4.82. The lowest BCUT2D eigenvalue weighted by atomic mass is 10.1. The molecular weight excluding hydrogens is 324 g/mol. The van der Waals surface area contributed by atoms with Crippen LogP contribution < -0.4 is 14.8 Å². The zero-order valence-electron chi connectivity index (χ0n) is 12.3. The molecule has 120 valence electrons. The summed E-state index contributed by atoms with van der Waals surface area (Å²) in [5.74, 6) is 0.127. The number of hydrogen-bond donors (Lipinski definition) is 1. The molecule has 2 aromatic rings. The first-order valence-electron chi connectivity index (χ1n) is 6.44. The van der Waals surface area contributed by atoms with Crippen molar-refractivity contribution in [3.05, 3.63) is 57.1 Å². The number of benzene rings is 2. The summed E-state index contributed by atoms with van der Waals surface area (Å²) in [5.41, 5.74) is -0.0996. The molecule has 0 fully saturated rings. The number of para-hydroxylation sites is 1. The second kappa shape index (κ2) is 6.97. The van der Waals surface area contributed by atoms with Crippen LogP contribution in [0.3, 0.4) is 0 Å². The Morgan fingerprint density at radius 2 is 1.78 bits per heavy atom. The number of ether oxygens (including phenoxy) is 2. The molecule has 2 aromatic carbocycles. The Bertz CT molecular complexity index is 764. The first kappa shape index (κ1) is 16.6. The van der Waals surface area contributed by atoms with E-state index in [9.17, 15) is 14.9 Å². The van der Waals surface area contributed by atoms with Gasteiger partial charge in [0.15, 0.2) is 11.5 Å². The first-order chi connectivity index (χ1) is 11.0. The van der Waals surface area contributed by atoms with Gasteiger partial charge in [0.2, 0.25) is 0 Å². The molecule has 0 heterocycles. The average Bonchev–Trinajstić information content (AvgIpc) is 2.56. The lowest BCUT2D eigenvalue weighted by molar-refractivity contribution is -0.385. The van der Waals surface area contributed by atoms with Gasteiger partial charge in [-0.15, -0.1) is 0 Å². The van der Waals surface area contributed by atoms with E-state index in [1.807, 2.05) is 0 Å². The number of nitrogens with zero attached hydrogens (tertiary/aromatic N) is 1. The summed E-state index contributed by atoms with van der Waals surface area (Å²) in [6, 6.07) is 8.60. The maximum atomic E-state index is 12.3. The molecule has 0 aliphatic rings. The summed E-state index contributed by atoms with van der Waals surface area (Å²) >= 11 is 6.09. The predicted octanol–water partition coefficient (Wildman–Crippen LogP) is 3.52. The van der Waals surface area contributed by atoms with Crippen molar-refractivity contribution in [2.45, 2.75) is 0 Å². The predicted molar refractivity (Wildman–Crippen MR) is 85.6 cm³/mol. The van der Waals surface area contributed by atoms with Crippen LogP contribution in [-0.4, -0.2) is 25.1 Å². The van der Waals surface area contributed by atoms with Crippen molar-refractivity contribution < 1.29 is 19.2 Å². The maximum absolute atomic E-state index is 12.3. The smallest absolute Gasteiger partial charge is 0.282 e. The van der Waals surface area contributed by atoms with Gasteiger partial charge in [-0.3, -0.25) is 14.9 Å². The maximum Gasteiger partial charge on any atom is 0.282 e. The number of halogens is 1. The second-order valence-electron chi connectivity index (χ2n) is 4.42. The fourth-order valence-electron chi connectivity index (χ4n) is 1.96. The summed E-state index contributed by atoms with van der Waals surface area (Å²) in [7, 11) is 2.90. The van der Waals surface area contributed by atoms with Gasteiger partial charge in [-0.25, -0.2) is 0 Å². The van der Waals surface area contributed by atoms with E-state index in [0.29, 0.717) is 11.5 Å². The van der Waals surface area contributed by atoms with Crippen LogP contribution in [0, 0.1) is 10.1 Å². The molecule has 0 spiro atoms. The topological polar surface area (TPSA) is 90.7 Å². The quantitative estimate of drug-likeness (QED) is 0.666. The summed E-state index contributed by atoms with van der Waals surface area (Å²) in [6.07, 6.45) is 0. The third kappa shape index (κ3) is 3.51. The first-order valence-corrected chi connectivity index (χ1v) is 6.82. The van der Waals surface area contributed by atoms with Gasteiger partial charge in [0.05, 0.1) is 29.9 Å². The van der Waals surface area contributed by atoms with Gasteiger partial charge in [-0.05, 0) is 6.07 Å². The number of nitro benzene ring substituents is 1. The monoisotopic (exact) mass is 336 g/mol. The number of methoxy groups -OCH3 is 2. The van der Waals surface area contributed by atoms with Crippen LogP contribution in [-0.2, 0) is 0 Å². The molecule has 0 aliphatic heterocycles. The summed E-state index contributed by atoms with van der Waals surface area (Å²) in [5, 5.41) is 13.7. The lowest BCUT2D eigenvalue weighted by Crippen LogP contribution is -2.14. The number of carbonyl (C=O) groups excluding carboxylic acids is 1. The molecule has 0 aromatic heterocycles. The lowest BCUT2D eigenvalue weighted by Gasteiger charge is -2.12. The Hall–Kier alpha value is -2.80. The highest BCUT2D eigenvalue weighted by Gasteiger charge is 2.20. The summed E-state index contributed by atoms with van der Waals surface area (Å²) in [4.78, 5) is 22.7. The van der Waals surface area contributed by atoms with Gasteiger partial charge >= 0.3 is 0 Å². The molecule has 0 saturated carbocycles. The molecule has 0 saturated heterocycles. The molecule has 2 rings (SSSR count). The Morgan fingerprint density at radius 1 is 1.17 bits per heavy atom. The van der Waals surface area contributed by atoms with Crippen LogP contribution in [0.5, 0.6) is 11.5 Å². The normalized spacial score (nSPS) is 10.0. The van der Waals surface area contributed by atoms with Crippen molar-refractivity contribution in [3.8, 4) is 11.5 Å². The molecule has 0 bridgehead atoms. The number of nitrogens with one attached hydrogen (secondary N) is 1. The fraction of sp³-hybridized carbons (Fsp3) is 0.133. The van der Waals surface area contributed by atoms with E-state index in [1.54, 1.807) is 0 Å². The largest absolute Gasteiger partial charge is 0.493 e. The van der Waals surface area contributed by atoms with Crippen molar-refractivity contribution in [2.24, 2.45) is 0 Å². The zero-order valence-corrected chi connectivity index (χ0v) is 13.1. The van der Waals surface area contributed by atoms with Gasteiger partial charge in [0.1, 0.15) is 5.56 Å². The van der Waals surface area contributed by atoms with E-state index in [4.69, 9.17) is 21.1 Å². The van der Waals surface area contributed by atoms with Crippen molar-refractivity contribution >= 4 is 28.9 Å². The molecule has 7 nitrogen and oxygen atoms in total. The summed E-state index contributed by atoms with van der Waals surface area (Å²) in [6.45, 7) is 0. The highest BCUT2D eigenvalue weighted by molar-refractivity contribution is 6.34. The van der Waals surface area contributed by atoms with Crippen LogP contribution in [0.1, 0.15) is 10.4 Å². The van der Waals surface area contributed by atoms with Gasteiger partial charge in [-0.1, -0.05) is 23.7 Å². The molecule has 0 radical (unpaired) electrons. The standard InChI is InChI=1S/C15H13ClN2O5/c1-22-13-7-10(16)11(8-14(13)23-2)17-15(19)9-5-3-4-6-12(9)18(20)21/h3-8H,1-2H3,(H,17,19). The minimum absolute atomic E-state index is 0.0663. The van der Waals surface area contributed by atoms with E-state index in [1.165, 1.54) is 50.6 Å². The van der Waals surface area contributed by atoms with Crippen molar-refractivity contribution in [3.63, 3.8) is 0 Å². The van der Waals surface area contributed by atoms with Crippen molar-refractivity contribution in [1.29, 1.82) is 0 Å². The molecule has 0 atom stereocenters. The summed E-state index contributed by atoms with van der Waals surface area (Å²) < 4.78 is 10.2. The highest BCUT2D eigenvalue weighted by Crippen LogP contribution is 2.36. The average molecular weight is 337 g/mol. The third-order valence-electron chi connectivity index (χ3n) is 3.07. The van der Waals surface area contributed by atoms with Crippen LogP contribution in [0.2, 0.25) is 5.02 Å². The van der Waals surface area contributed by atoms with E-state index in [-0.39, 0.29) is 22.0 Å². The molecule has 0 aliphatic carbocycles. The Labute approximate surface area is 136 Å². The van der Waals surface area contributed by atoms with Crippen LogP contribution >= 0.6 is 11.6 Å². The van der Waals surface area contributed by atoms with Crippen LogP contribution in [0.25, 0.3) is 0 Å². The molecule has 23 heavy (non-hydrogen) atoms. The highest BCUT2D eigenvalue weighted by atomic mass is 35.5. The Balaban J connectivity index is 2.36. The minimum atomic E-state index is -0.647. The van der Waals surface area contributed by atoms with Gasteiger partial charge in [0.25, 0.3) is 11.6 Å². The Kier molecular flexibility index (Phi) is 5.02. The fourth-order valence-corrected chi connectivity index (χ4v) is 2.17. The molecule has 0 unspecified atom stereocenters. The van der Waals surface area contributed by atoms with Crippen LogP contribution in [0.4, 0.5) is 11.4 Å². The number of hydrogen-bond acceptors (Lipinski definition) is 5. The number of carbonyl (C=O) groups is 1. The van der Waals surface area contributed by atoms with Crippen LogP contribution in [0.15, 0.2) is 36.4 Å². The van der Waals surface area contributed by atoms with Gasteiger partial charge < -0.3 is 14.8 Å². The van der Waals surface area contributed by atoms with E-state index >= 15 is 0 Å². The molecular formula is C15H13ClN2O5. The number of nitro groups is 1. The zero-order chi connectivity index (χ0) is 17.0. The van der Waals surface area contributed by atoms with Crippen molar-refractivity contribution in [2.75, 3.05) is 19.5 Å². The number of anilines is 1. The Morgan fingerprint density at radius 3 is 2.39 bits per heavy atom. The molecule has 1 N–H and O–H groups in total. The SMILES string of the molecule is COc1cc(Cl)c(NC(=O)c2ccccc2[N+](=O)[O-])cc1OC. The van der Waals surface area contributed by atoms with Gasteiger partial charge in [0, 0.05) is 18.2 Å². The van der Waals surface area contributed by atoms with E-state index in [2.05, 4.69) is 5.32 Å². The molecule has 8 heteroatoms. The number of amides is 1. The minimum Gasteiger partial charge on any atom is -0.493 e. The van der Waals surface area contributed by atoms with E-state index < -0.39 is 10.8 Å². The third-order valence-corrected chi connectivity index (χ3v) is 3.38. The molecule has 1 amide bonds. The van der Waals surface area contributed by atoms with Crippen molar-refractivity contribution in [1.82, 2.24) is 0 Å². The van der Waals surface area contributed by atoms with Gasteiger partial charge in [-0.2, -0.15) is 0 Å². The number of rotatable bonds is 5.